The van der Waals surface area contributed by atoms with Gasteiger partial charge in [0, 0.05) is 0 Å². The summed E-state index contributed by atoms with van der Waals surface area (Å²) in [5.41, 5.74) is 0. The summed E-state index contributed by atoms with van der Waals surface area (Å²) >= 11 is 0. The van der Waals surface area contributed by atoms with Crippen LogP contribution in [0.4, 0.5) is 0 Å². The molecular weight excluding hydrogens is 399 g/mol. The maximum Gasteiger partial charge on any atom is 0.0784 e. The highest BCUT2D eigenvalue weighted by Gasteiger charge is 2.20. The van der Waals surface area contributed by atoms with Crippen LogP contribution >= 0.6 is 12.4 Å². The van der Waals surface area contributed by atoms with Crippen molar-refractivity contribution in [1.29, 1.82) is 0 Å². The molecule has 0 saturated heterocycles. The van der Waals surface area contributed by atoms with Gasteiger partial charge in [-0.25, -0.2) is 0 Å². The molecule has 0 heterocycles. The Morgan fingerprint density at radius 3 is 0.862 bits per heavy atom. The van der Waals surface area contributed by atoms with Gasteiger partial charge in [0.25, 0.3) is 0 Å². The van der Waals surface area contributed by atoms with Crippen LogP contribution in [-0.2, 0) is 0 Å². The first-order valence-corrected chi connectivity index (χ1v) is 12.5. The standard InChI is InChI=1S/C25H54N.2ClH.H3N/c1-5-8-11-14-17-20-23-26(4,24-21-18-15-12-9-6-2)25-22-19-16-13-10-7-3;;;/h5-25H2,1-4H3;2*1H;1H3/q+1;;;/p-1. The normalized spacial score (nSPS) is 10.8. The molecule has 29 heavy (non-hydrogen) atoms. The van der Waals surface area contributed by atoms with Crippen LogP contribution in [0, 0.1) is 0 Å². The molecule has 182 valence electrons. The lowest BCUT2D eigenvalue weighted by Gasteiger charge is -2.35. The van der Waals surface area contributed by atoms with E-state index in [0.717, 1.165) is 0 Å². The van der Waals surface area contributed by atoms with Gasteiger partial charge in [-0.3, -0.25) is 0 Å². The van der Waals surface area contributed by atoms with Crippen LogP contribution < -0.4 is 18.6 Å². The fourth-order valence-corrected chi connectivity index (χ4v) is 4.16. The lowest BCUT2D eigenvalue weighted by atomic mass is 10.1. The summed E-state index contributed by atoms with van der Waals surface area (Å²) in [5, 5.41) is 0. The predicted molar refractivity (Wildman–Crippen MR) is 133 cm³/mol. The van der Waals surface area contributed by atoms with Crippen molar-refractivity contribution in [2.75, 3.05) is 26.7 Å². The highest BCUT2D eigenvalue weighted by atomic mass is 35.5. The Morgan fingerprint density at radius 1 is 0.414 bits per heavy atom. The molecule has 0 aromatic rings. The summed E-state index contributed by atoms with van der Waals surface area (Å²) < 4.78 is 1.36. The molecule has 0 radical (unpaired) electrons. The number of hydrogen-bond donors (Lipinski definition) is 1. The molecule has 0 aromatic carbocycles. The van der Waals surface area contributed by atoms with Crippen molar-refractivity contribution in [3.05, 3.63) is 0 Å². The Hall–Kier alpha value is 0.500. The van der Waals surface area contributed by atoms with E-state index in [4.69, 9.17) is 0 Å². The lowest BCUT2D eigenvalue weighted by molar-refractivity contribution is -0.910. The van der Waals surface area contributed by atoms with Gasteiger partial charge in [0.2, 0.25) is 0 Å². The number of halogens is 2. The molecule has 3 N–H and O–H groups in total. The van der Waals surface area contributed by atoms with Gasteiger partial charge < -0.3 is 23.0 Å². The largest absolute Gasteiger partial charge is 1.00 e. The smallest absolute Gasteiger partial charge is 0.0784 e. The van der Waals surface area contributed by atoms with Crippen molar-refractivity contribution in [3.8, 4) is 0 Å². The molecule has 2 nitrogen and oxygen atoms in total. The molecule has 0 aliphatic rings. The van der Waals surface area contributed by atoms with Crippen LogP contribution in [-0.4, -0.2) is 31.2 Å². The molecule has 0 atom stereocenters. The van der Waals surface area contributed by atoms with Gasteiger partial charge in [0.05, 0.1) is 26.7 Å². The second kappa shape index (κ2) is 28.5. The minimum absolute atomic E-state index is 0. The minimum Gasteiger partial charge on any atom is -1.00 e. The number of unbranched alkanes of at least 4 members (excludes halogenated alkanes) is 15. The van der Waals surface area contributed by atoms with Gasteiger partial charge in [-0.15, -0.1) is 12.4 Å². The average molecular weight is 458 g/mol. The Bertz CT molecular complexity index is 235. The fraction of sp³-hybridized carbons (Fsp3) is 1.00. The van der Waals surface area contributed by atoms with Crippen molar-refractivity contribution in [2.45, 2.75) is 136 Å². The average Bonchev–Trinajstić information content (AvgIpc) is 2.64. The van der Waals surface area contributed by atoms with E-state index >= 15 is 0 Å². The Kier molecular flexibility index (Phi) is 36.2. The van der Waals surface area contributed by atoms with Crippen LogP contribution in [0.15, 0.2) is 0 Å². The third-order valence-electron chi connectivity index (χ3n) is 6.15. The third kappa shape index (κ3) is 26.5. The Morgan fingerprint density at radius 2 is 0.621 bits per heavy atom. The van der Waals surface area contributed by atoms with E-state index < -0.39 is 0 Å². The molecule has 0 aromatic heterocycles. The van der Waals surface area contributed by atoms with Gasteiger partial charge in [-0.2, -0.15) is 0 Å². The Labute approximate surface area is 198 Å². The number of rotatable bonds is 21. The molecule has 0 aliphatic heterocycles. The molecule has 0 rings (SSSR count). The van der Waals surface area contributed by atoms with Crippen LogP contribution in [0.1, 0.15) is 136 Å². The maximum atomic E-state index is 2.56. The van der Waals surface area contributed by atoms with Crippen molar-refractivity contribution in [1.82, 2.24) is 6.15 Å². The fourth-order valence-electron chi connectivity index (χ4n) is 4.16. The lowest BCUT2D eigenvalue weighted by Crippen LogP contribution is -3.00. The van der Waals surface area contributed by atoms with Crippen LogP contribution in [0.3, 0.4) is 0 Å². The third-order valence-corrected chi connectivity index (χ3v) is 6.15. The highest BCUT2D eigenvalue weighted by molar-refractivity contribution is 5.85. The van der Waals surface area contributed by atoms with Crippen molar-refractivity contribution in [2.24, 2.45) is 0 Å². The summed E-state index contributed by atoms with van der Waals surface area (Å²) in [5.74, 6) is 0. The summed E-state index contributed by atoms with van der Waals surface area (Å²) in [6.07, 6.45) is 25.9. The second-order valence-corrected chi connectivity index (χ2v) is 9.09. The quantitative estimate of drug-likeness (QED) is 0.164. The van der Waals surface area contributed by atoms with Gasteiger partial charge in [0.15, 0.2) is 0 Å². The van der Waals surface area contributed by atoms with Crippen molar-refractivity contribution < 1.29 is 16.9 Å². The first-order valence-electron chi connectivity index (χ1n) is 12.5. The van der Waals surface area contributed by atoms with Crippen molar-refractivity contribution >= 4 is 12.4 Å². The topological polar surface area (TPSA) is 35.0 Å². The van der Waals surface area contributed by atoms with Crippen molar-refractivity contribution in [3.63, 3.8) is 0 Å². The zero-order valence-electron chi connectivity index (χ0n) is 20.8. The molecule has 0 unspecified atom stereocenters. The van der Waals surface area contributed by atoms with E-state index in [9.17, 15) is 0 Å². The van der Waals surface area contributed by atoms with E-state index in [-0.39, 0.29) is 31.0 Å². The molecule has 0 fully saturated rings. The SMILES string of the molecule is CCCCCCCC[N+](C)(CCCCCCCC)CCCCCCCC.Cl.N.[Cl-]. The monoisotopic (exact) mass is 456 g/mol. The summed E-state index contributed by atoms with van der Waals surface area (Å²) in [6.45, 7) is 11.2. The molecule has 4 heteroatoms. The molecule has 0 bridgehead atoms. The Balaban J connectivity index is -0.00000104. The van der Waals surface area contributed by atoms with E-state index in [1.807, 2.05) is 0 Å². The molecule has 0 amide bonds. The van der Waals surface area contributed by atoms with Gasteiger partial charge in [-0.1, -0.05) is 97.8 Å². The van der Waals surface area contributed by atoms with E-state index in [1.54, 1.807) is 0 Å². The summed E-state index contributed by atoms with van der Waals surface area (Å²) in [7, 11) is 2.56. The number of quaternary nitrogens is 1. The van der Waals surface area contributed by atoms with E-state index in [1.165, 1.54) is 140 Å². The number of hydrogen-bond acceptors (Lipinski definition) is 1. The van der Waals surface area contributed by atoms with Crippen LogP contribution in [0.5, 0.6) is 0 Å². The molecule has 0 aliphatic carbocycles. The molecule has 0 spiro atoms. The minimum atomic E-state index is 0. The van der Waals surface area contributed by atoms with E-state index in [2.05, 4.69) is 27.8 Å². The number of nitrogens with zero attached hydrogens (tertiary/aromatic N) is 1. The molecule has 0 saturated carbocycles. The van der Waals surface area contributed by atoms with Crippen LogP contribution in [0.25, 0.3) is 0 Å². The summed E-state index contributed by atoms with van der Waals surface area (Å²) in [6, 6.07) is 0. The van der Waals surface area contributed by atoms with Crippen LogP contribution in [0.2, 0.25) is 0 Å². The maximum absolute atomic E-state index is 2.56. The first-order chi connectivity index (χ1) is 12.7. The van der Waals surface area contributed by atoms with Gasteiger partial charge >= 0.3 is 0 Å². The molecular formula is C25H58Cl2N2. The van der Waals surface area contributed by atoms with E-state index in [0.29, 0.717) is 0 Å². The second-order valence-electron chi connectivity index (χ2n) is 9.09. The summed E-state index contributed by atoms with van der Waals surface area (Å²) in [4.78, 5) is 0. The predicted octanol–water partition coefficient (Wildman–Crippen LogP) is 6.10. The van der Waals surface area contributed by atoms with Gasteiger partial charge in [0.1, 0.15) is 0 Å². The first kappa shape index (κ1) is 36.8. The zero-order valence-corrected chi connectivity index (χ0v) is 22.4. The zero-order chi connectivity index (χ0) is 19.3. The highest BCUT2D eigenvalue weighted by Crippen LogP contribution is 2.16. The van der Waals surface area contributed by atoms with Gasteiger partial charge in [-0.05, 0) is 38.5 Å².